The van der Waals surface area contributed by atoms with Gasteiger partial charge in [0.05, 0.1) is 6.61 Å². The minimum absolute atomic E-state index is 0.000172. The minimum Gasteiger partial charge on any atom is -0.494 e. The molecule has 2 amide bonds. The number of carbonyl (C=O) groups excluding carboxylic acids is 1. The van der Waals surface area contributed by atoms with Gasteiger partial charge in [-0.2, -0.15) is 0 Å². The average molecular weight is 324 g/mol. The lowest BCUT2D eigenvalue weighted by molar-refractivity contribution is 0.170. The summed E-state index contributed by atoms with van der Waals surface area (Å²) in [7, 11) is 0. The zero-order valence-electron chi connectivity index (χ0n) is 13.9. The van der Waals surface area contributed by atoms with E-state index in [1.165, 1.54) is 0 Å². The molecule has 1 aliphatic heterocycles. The number of anilines is 1. The second-order valence-electron chi connectivity index (χ2n) is 6.18. The molecule has 0 saturated carbocycles. The van der Waals surface area contributed by atoms with Crippen molar-refractivity contribution in [3.05, 3.63) is 60.7 Å². The second-order valence-corrected chi connectivity index (χ2v) is 6.18. The molecule has 0 unspecified atom stereocenters. The minimum atomic E-state index is 0.000172. The largest absolute Gasteiger partial charge is 0.494 e. The lowest BCUT2D eigenvalue weighted by atomic mass is 9.94. The molecule has 0 aromatic heterocycles. The van der Waals surface area contributed by atoms with Gasteiger partial charge in [-0.25, -0.2) is 4.79 Å². The maximum atomic E-state index is 12.3. The van der Waals surface area contributed by atoms with Gasteiger partial charge in [0.1, 0.15) is 5.75 Å². The number of hydrogen-bond donors (Lipinski definition) is 1. The van der Waals surface area contributed by atoms with Crippen LogP contribution in [0.4, 0.5) is 10.5 Å². The lowest BCUT2D eigenvalue weighted by Gasteiger charge is -2.32. The molecule has 1 fully saturated rings. The standard InChI is InChI=1S/C20H24N2O2/c23-20(21-18-7-3-1-4-8-18)22-14-11-17(12-15-22)13-16-24-19-9-5-2-6-10-19/h1-10,17H,11-16H2,(H,21,23). The van der Waals surface area contributed by atoms with E-state index in [9.17, 15) is 4.79 Å². The summed E-state index contributed by atoms with van der Waals surface area (Å²) in [6.45, 7) is 2.37. The summed E-state index contributed by atoms with van der Waals surface area (Å²) in [6, 6.07) is 19.5. The highest BCUT2D eigenvalue weighted by molar-refractivity contribution is 5.89. The summed E-state index contributed by atoms with van der Waals surface area (Å²) >= 11 is 0. The number of piperidine rings is 1. The van der Waals surface area contributed by atoms with Crippen LogP contribution in [0.3, 0.4) is 0 Å². The van der Waals surface area contributed by atoms with E-state index < -0.39 is 0 Å². The summed E-state index contributed by atoms with van der Waals surface area (Å²) in [5, 5.41) is 2.95. The molecule has 24 heavy (non-hydrogen) atoms. The van der Waals surface area contributed by atoms with Gasteiger partial charge in [0.2, 0.25) is 0 Å². The topological polar surface area (TPSA) is 41.6 Å². The van der Waals surface area contributed by atoms with E-state index in [1.807, 2.05) is 65.6 Å². The molecule has 2 aromatic carbocycles. The molecule has 1 heterocycles. The highest BCUT2D eigenvalue weighted by Gasteiger charge is 2.22. The van der Waals surface area contributed by atoms with Crippen molar-refractivity contribution in [3.63, 3.8) is 0 Å². The highest BCUT2D eigenvalue weighted by Crippen LogP contribution is 2.22. The van der Waals surface area contributed by atoms with E-state index in [4.69, 9.17) is 4.74 Å². The van der Waals surface area contributed by atoms with E-state index in [1.54, 1.807) is 0 Å². The smallest absolute Gasteiger partial charge is 0.321 e. The maximum Gasteiger partial charge on any atom is 0.321 e. The molecule has 0 atom stereocenters. The Balaban J connectivity index is 1.37. The third-order valence-electron chi connectivity index (χ3n) is 4.46. The normalized spacial score (nSPS) is 15.1. The number of nitrogens with one attached hydrogen (secondary N) is 1. The van der Waals surface area contributed by atoms with Gasteiger partial charge >= 0.3 is 6.03 Å². The molecule has 0 spiro atoms. The molecule has 0 bridgehead atoms. The fraction of sp³-hybridized carbons (Fsp3) is 0.350. The number of urea groups is 1. The lowest BCUT2D eigenvalue weighted by Crippen LogP contribution is -2.41. The van der Waals surface area contributed by atoms with Crippen molar-refractivity contribution in [1.82, 2.24) is 4.90 Å². The summed E-state index contributed by atoms with van der Waals surface area (Å²) in [5.74, 6) is 1.56. The van der Waals surface area contributed by atoms with Crippen LogP contribution < -0.4 is 10.1 Å². The Morgan fingerprint density at radius 2 is 1.62 bits per heavy atom. The van der Waals surface area contributed by atoms with E-state index in [0.717, 1.165) is 50.4 Å². The third-order valence-corrected chi connectivity index (χ3v) is 4.46. The van der Waals surface area contributed by atoms with Gasteiger partial charge in [0, 0.05) is 18.8 Å². The van der Waals surface area contributed by atoms with Crippen molar-refractivity contribution < 1.29 is 9.53 Å². The molecular weight excluding hydrogens is 300 g/mol. The van der Waals surface area contributed by atoms with Crippen LogP contribution in [0.15, 0.2) is 60.7 Å². The van der Waals surface area contributed by atoms with E-state index in [-0.39, 0.29) is 6.03 Å². The quantitative estimate of drug-likeness (QED) is 0.885. The first-order valence-corrected chi connectivity index (χ1v) is 8.60. The molecule has 0 radical (unpaired) electrons. The van der Waals surface area contributed by atoms with E-state index >= 15 is 0 Å². The van der Waals surface area contributed by atoms with Crippen molar-refractivity contribution in [1.29, 1.82) is 0 Å². The molecule has 126 valence electrons. The predicted molar refractivity (Wildman–Crippen MR) is 96.3 cm³/mol. The van der Waals surface area contributed by atoms with Crippen molar-refractivity contribution in [3.8, 4) is 5.75 Å². The average Bonchev–Trinajstić information content (AvgIpc) is 2.64. The summed E-state index contributed by atoms with van der Waals surface area (Å²) in [4.78, 5) is 14.2. The molecule has 1 N–H and O–H groups in total. The highest BCUT2D eigenvalue weighted by atomic mass is 16.5. The molecular formula is C20H24N2O2. The number of nitrogens with zero attached hydrogens (tertiary/aromatic N) is 1. The Bertz CT molecular complexity index is 623. The number of para-hydroxylation sites is 2. The summed E-state index contributed by atoms with van der Waals surface area (Å²) in [5.41, 5.74) is 0.848. The Labute approximate surface area is 143 Å². The van der Waals surface area contributed by atoms with Crippen LogP contribution in [-0.2, 0) is 0 Å². The second kappa shape index (κ2) is 8.39. The molecule has 3 rings (SSSR count). The van der Waals surface area contributed by atoms with Crippen LogP contribution in [0.5, 0.6) is 5.75 Å². The maximum absolute atomic E-state index is 12.3. The zero-order chi connectivity index (χ0) is 16.6. The number of benzene rings is 2. The van der Waals surface area contributed by atoms with Gasteiger partial charge in [-0.15, -0.1) is 0 Å². The van der Waals surface area contributed by atoms with Crippen molar-refractivity contribution >= 4 is 11.7 Å². The Hall–Kier alpha value is -2.49. The molecule has 4 heteroatoms. The van der Waals surface area contributed by atoms with Crippen molar-refractivity contribution in [2.24, 2.45) is 5.92 Å². The first-order valence-electron chi connectivity index (χ1n) is 8.60. The van der Waals surface area contributed by atoms with Gasteiger partial charge in [0.15, 0.2) is 0 Å². The summed E-state index contributed by atoms with van der Waals surface area (Å²) in [6.07, 6.45) is 3.13. The molecule has 1 aliphatic rings. The summed E-state index contributed by atoms with van der Waals surface area (Å²) < 4.78 is 5.77. The van der Waals surface area contributed by atoms with Crippen LogP contribution in [0.1, 0.15) is 19.3 Å². The molecule has 1 saturated heterocycles. The SMILES string of the molecule is O=C(Nc1ccccc1)N1CCC(CCOc2ccccc2)CC1. The Morgan fingerprint density at radius 1 is 1.00 bits per heavy atom. The molecule has 4 nitrogen and oxygen atoms in total. The number of ether oxygens (including phenoxy) is 1. The van der Waals surface area contributed by atoms with E-state index in [0.29, 0.717) is 5.92 Å². The monoisotopic (exact) mass is 324 g/mol. The first-order chi connectivity index (χ1) is 11.8. The number of hydrogen-bond acceptors (Lipinski definition) is 2. The fourth-order valence-corrected chi connectivity index (χ4v) is 3.01. The van der Waals surface area contributed by atoms with Crippen molar-refractivity contribution in [2.75, 3.05) is 25.0 Å². The van der Waals surface area contributed by atoms with Crippen LogP contribution in [-0.4, -0.2) is 30.6 Å². The number of likely N-dealkylation sites (tertiary alicyclic amines) is 1. The number of carbonyl (C=O) groups is 1. The van der Waals surface area contributed by atoms with E-state index in [2.05, 4.69) is 5.32 Å². The first kappa shape index (κ1) is 16.4. The fourth-order valence-electron chi connectivity index (χ4n) is 3.01. The Morgan fingerprint density at radius 3 is 2.29 bits per heavy atom. The van der Waals surface area contributed by atoms with Gasteiger partial charge in [-0.3, -0.25) is 0 Å². The zero-order valence-corrected chi connectivity index (χ0v) is 13.9. The van der Waals surface area contributed by atoms with Crippen LogP contribution in [0.25, 0.3) is 0 Å². The van der Waals surface area contributed by atoms with Gasteiger partial charge in [0.25, 0.3) is 0 Å². The van der Waals surface area contributed by atoms with Gasteiger partial charge < -0.3 is 15.0 Å². The molecule has 0 aliphatic carbocycles. The number of rotatable bonds is 5. The van der Waals surface area contributed by atoms with Crippen molar-refractivity contribution in [2.45, 2.75) is 19.3 Å². The predicted octanol–water partition coefficient (Wildman–Crippen LogP) is 4.40. The van der Waals surface area contributed by atoms with Crippen LogP contribution in [0.2, 0.25) is 0 Å². The number of amides is 2. The third kappa shape index (κ3) is 4.75. The van der Waals surface area contributed by atoms with Crippen LogP contribution in [0, 0.1) is 5.92 Å². The van der Waals surface area contributed by atoms with Gasteiger partial charge in [-0.05, 0) is 49.4 Å². The Kier molecular flexibility index (Phi) is 5.72. The van der Waals surface area contributed by atoms with Crippen LogP contribution >= 0.6 is 0 Å². The molecule has 2 aromatic rings. The van der Waals surface area contributed by atoms with Gasteiger partial charge in [-0.1, -0.05) is 36.4 Å².